The van der Waals surface area contributed by atoms with Gasteiger partial charge in [-0.1, -0.05) is 352 Å². The van der Waals surface area contributed by atoms with Crippen molar-refractivity contribution in [3.63, 3.8) is 0 Å². The number of rotatable bonds is 18. The first-order chi connectivity index (χ1) is 68.4. The molecule has 26 rings (SSSR count). The van der Waals surface area contributed by atoms with Crippen molar-refractivity contribution in [1.82, 2.24) is 18.3 Å². The zero-order valence-electron chi connectivity index (χ0n) is 75.6. The number of fused-ring (bicyclic) bond motifs is 12. The lowest BCUT2D eigenvalue weighted by Crippen LogP contribution is -2.09. The summed E-state index contributed by atoms with van der Waals surface area (Å²) in [6.45, 7) is 0. The third kappa shape index (κ3) is 15.1. The van der Waals surface area contributed by atoms with Gasteiger partial charge in [-0.3, -0.25) is 0 Å². The van der Waals surface area contributed by atoms with E-state index in [9.17, 15) is 0 Å². The molecule has 0 aliphatic rings. The van der Waals surface area contributed by atoms with Gasteiger partial charge in [0.25, 0.3) is 0 Å². The third-order valence-corrected chi connectivity index (χ3v) is 27.5. The second-order valence-electron chi connectivity index (χ2n) is 35.5. The van der Waals surface area contributed by atoms with Crippen LogP contribution >= 0.6 is 0 Å². The van der Waals surface area contributed by atoms with Crippen LogP contribution in [0.1, 0.15) is 0 Å². The molecule has 138 heavy (non-hydrogen) atoms. The van der Waals surface area contributed by atoms with E-state index in [0.29, 0.717) is 0 Å². The topological polar surface area (TPSA) is 26.2 Å². The largest absolute Gasteiger partial charge is 0.311 e. The summed E-state index contributed by atoms with van der Waals surface area (Å²) in [5, 5.41) is 10.0. The van der Waals surface area contributed by atoms with Crippen molar-refractivity contribution in [3.8, 4) is 112 Å². The molecule has 648 valence electrons. The van der Waals surface area contributed by atoms with Crippen molar-refractivity contribution in [2.75, 3.05) is 9.80 Å². The lowest BCUT2D eigenvalue weighted by atomic mass is 9.97. The minimum atomic E-state index is 1.12. The molecular formula is C132H90N6. The van der Waals surface area contributed by atoms with E-state index in [4.69, 9.17) is 0 Å². The summed E-state index contributed by atoms with van der Waals surface area (Å²) in [6, 6.07) is 198. The Bertz CT molecular complexity index is 8270. The Hall–Kier alpha value is -18.4. The highest BCUT2D eigenvalue weighted by atomic mass is 15.1. The smallest absolute Gasteiger partial charge is 0.0541 e. The molecule has 0 aliphatic carbocycles. The SMILES string of the molecule is c1ccc(-n2c3ccc(-c4ccc(-c5ccc(-n6c7ccccc7c7ccccc76)cc5)cc4)cc3c3cc(-c4ccc(-c5ccc(-n6c7ccccc7c7ccccc76)cc5)cc4)ccc32)cc1.c1ccc(N(c2ccccc2)c2ccc(-c3ccc(-c4ccc5c(c4)c4cc(-c6ccc(-c7ccc(N(c8ccccc8)c8ccccc8)cc7)cc6)ccc4n5-c4ccccc4)cc3)cc2)cc1. The van der Waals surface area contributed by atoms with Gasteiger partial charge in [0.2, 0.25) is 0 Å². The fourth-order valence-electron chi connectivity index (χ4n) is 20.7. The van der Waals surface area contributed by atoms with Gasteiger partial charge < -0.3 is 28.1 Å². The fraction of sp³-hybridized carbons (Fsp3) is 0. The monoisotopic (exact) mass is 1760 g/mol. The number of anilines is 6. The van der Waals surface area contributed by atoms with Gasteiger partial charge in [0.15, 0.2) is 0 Å². The molecule has 0 amide bonds. The molecule has 0 unspecified atom stereocenters. The maximum Gasteiger partial charge on any atom is 0.0541 e. The summed E-state index contributed by atoms with van der Waals surface area (Å²) in [4.78, 5) is 4.59. The van der Waals surface area contributed by atoms with Crippen molar-refractivity contribution >= 4 is 121 Å². The van der Waals surface area contributed by atoms with E-state index >= 15 is 0 Å². The van der Waals surface area contributed by atoms with E-state index in [0.717, 1.165) is 56.9 Å². The third-order valence-electron chi connectivity index (χ3n) is 27.5. The summed E-state index contributed by atoms with van der Waals surface area (Å²) in [5.41, 5.74) is 40.1. The molecule has 0 saturated carbocycles. The zero-order chi connectivity index (χ0) is 91.4. The quantitative estimate of drug-likeness (QED) is 0.0856. The molecule has 0 N–H and O–H groups in total. The van der Waals surface area contributed by atoms with E-state index in [1.165, 1.54) is 176 Å². The average molecular weight is 1760 g/mol. The van der Waals surface area contributed by atoms with Crippen LogP contribution in [0, 0.1) is 0 Å². The first kappa shape index (κ1) is 81.6. The second kappa shape index (κ2) is 35.3. The van der Waals surface area contributed by atoms with Gasteiger partial charge in [-0.05, 0) is 283 Å². The molecule has 6 heteroatoms. The van der Waals surface area contributed by atoms with E-state index in [1.54, 1.807) is 0 Å². The molecule has 0 bridgehead atoms. The Kier molecular flexibility index (Phi) is 20.9. The number of para-hydroxylation sites is 10. The molecular weight excluding hydrogens is 1670 g/mol. The minimum absolute atomic E-state index is 1.12. The van der Waals surface area contributed by atoms with Crippen LogP contribution in [0.15, 0.2) is 546 Å². The Morgan fingerprint density at radius 1 is 0.101 bits per heavy atom. The highest BCUT2D eigenvalue weighted by molar-refractivity contribution is 6.15. The number of benzene rings is 22. The summed E-state index contributed by atoms with van der Waals surface area (Å²) < 4.78 is 9.53. The molecule has 22 aromatic carbocycles. The van der Waals surface area contributed by atoms with Gasteiger partial charge in [-0.25, -0.2) is 0 Å². The Balaban J connectivity index is 0.000000146. The summed E-state index contributed by atoms with van der Waals surface area (Å²) in [7, 11) is 0. The van der Waals surface area contributed by atoms with Crippen LogP contribution in [-0.2, 0) is 0 Å². The van der Waals surface area contributed by atoms with Crippen LogP contribution in [0.4, 0.5) is 34.1 Å². The van der Waals surface area contributed by atoms with Crippen molar-refractivity contribution in [2.24, 2.45) is 0 Å². The van der Waals surface area contributed by atoms with Gasteiger partial charge >= 0.3 is 0 Å². The van der Waals surface area contributed by atoms with Crippen LogP contribution in [0.3, 0.4) is 0 Å². The summed E-state index contributed by atoms with van der Waals surface area (Å²) >= 11 is 0. The predicted octanol–water partition coefficient (Wildman–Crippen LogP) is 36.0. The Morgan fingerprint density at radius 2 is 0.246 bits per heavy atom. The lowest BCUT2D eigenvalue weighted by Gasteiger charge is -2.25. The van der Waals surface area contributed by atoms with Gasteiger partial charge in [0, 0.05) is 100.0 Å². The molecule has 0 saturated heterocycles. The number of aromatic nitrogens is 4. The fourth-order valence-corrected chi connectivity index (χ4v) is 20.7. The normalized spacial score (nSPS) is 11.5. The number of nitrogens with zero attached hydrogens (tertiary/aromatic N) is 6. The van der Waals surface area contributed by atoms with Crippen LogP contribution in [-0.4, -0.2) is 18.3 Å². The summed E-state index contributed by atoms with van der Waals surface area (Å²) in [5.74, 6) is 0. The Labute approximate surface area is 801 Å². The van der Waals surface area contributed by atoms with E-state index in [2.05, 4.69) is 574 Å². The van der Waals surface area contributed by atoms with Gasteiger partial charge in [-0.2, -0.15) is 0 Å². The zero-order valence-corrected chi connectivity index (χ0v) is 75.6. The van der Waals surface area contributed by atoms with Crippen LogP contribution < -0.4 is 9.80 Å². The molecule has 26 aromatic rings. The number of hydrogen-bond acceptors (Lipinski definition) is 2. The van der Waals surface area contributed by atoms with Gasteiger partial charge in [0.05, 0.1) is 44.1 Å². The van der Waals surface area contributed by atoms with Crippen LogP contribution in [0.2, 0.25) is 0 Å². The maximum absolute atomic E-state index is 2.40. The molecule has 0 spiro atoms. The van der Waals surface area contributed by atoms with Crippen LogP contribution in [0.25, 0.3) is 199 Å². The highest BCUT2D eigenvalue weighted by Gasteiger charge is 2.22. The molecule has 0 radical (unpaired) electrons. The van der Waals surface area contributed by atoms with Crippen molar-refractivity contribution in [1.29, 1.82) is 0 Å². The summed E-state index contributed by atoms with van der Waals surface area (Å²) in [6.07, 6.45) is 0. The molecule has 4 heterocycles. The van der Waals surface area contributed by atoms with Gasteiger partial charge in [0.1, 0.15) is 0 Å². The first-order valence-corrected chi connectivity index (χ1v) is 47.3. The molecule has 6 nitrogen and oxygen atoms in total. The molecule has 4 aromatic heterocycles. The van der Waals surface area contributed by atoms with Crippen molar-refractivity contribution in [3.05, 3.63) is 546 Å². The van der Waals surface area contributed by atoms with Crippen molar-refractivity contribution < 1.29 is 0 Å². The van der Waals surface area contributed by atoms with E-state index < -0.39 is 0 Å². The second-order valence-corrected chi connectivity index (χ2v) is 35.5. The van der Waals surface area contributed by atoms with Gasteiger partial charge in [-0.15, -0.1) is 0 Å². The maximum atomic E-state index is 2.40. The minimum Gasteiger partial charge on any atom is -0.311 e. The first-order valence-electron chi connectivity index (χ1n) is 47.3. The Morgan fingerprint density at radius 3 is 0.464 bits per heavy atom. The average Bonchev–Trinajstić information content (AvgIpc) is 1.58. The molecule has 0 atom stereocenters. The van der Waals surface area contributed by atoms with Crippen molar-refractivity contribution in [2.45, 2.75) is 0 Å². The predicted molar refractivity (Wildman–Crippen MR) is 583 cm³/mol. The molecule has 0 fully saturated rings. The van der Waals surface area contributed by atoms with E-state index in [-0.39, 0.29) is 0 Å². The number of hydrogen-bond donors (Lipinski definition) is 0. The highest BCUT2D eigenvalue weighted by Crippen LogP contribution is 2.45. The van der Waals surface area contributed by atoms with Crippen LogP contribution in [0.5, 0.6) is 0 Å². The van der Waals surface area contributed by atoms with E-state index in [1.807, 2.05) is 0 Å². The molecule has 0 aliphatic heterocycles. The standard InChI is InChI=1S/C66H43N3.C66H47N3/c1-2-12-52(13-3-1)67-65-40-34-50(48-26-22-44(23-27-48)46-30-36-53(37-31-46)68-61-18-8-4-14-55(61)56-15-5-9-19-62(56)68)42-59(65)60-43-51(35-41-66(60)67)49-28-24-45(25-29-49)47-32-38-54(39-33-47)69-63-20-10-6-16-57(63)58-17-7-11-21-64(58)69;1-6-16-56(17-7-1)67(57-18-8-2-9-19-57)61-40-34-50(35-41-61)48-26-30-52(31-27-48)54-38-44-65-63(46-54)64-47-55(39-45-66(64)69(65)60-24-14-5-15-25-60)53-32-28-49(29-33-53)51-36-42-62(43-37-51)68(58-20-10-3-11-21-58)59-22-12-4-13-23-59/h1-43H;1-47H. The lowest BCUT2D eigenvalue weighted by molar-refractivity contribution is 1.18.